The number of fused-ring (bicyclic) bond motifs is 1. The number of alkyl halides is 1. The van der Waals surface area contributed by atoms with Gasteiger partial charge in [-0.1, -0.05) is 41.1 Å². The van der Waals surface area contributed by atoms with Crippen LogP contribution in [0, 0.1) is 0 Å². The smallest absolute Gasteiger partial charge is 0.141 e. The van der Waals surface area contributed by atoms with Gasteiger partial charge in [0.1, 0.15) is 11.9 Å². The molecule has 0 saturated carbocycles. The Bertz CT molecular complexity index is 462. The van der Waals surface area contributed by atoms with Crippen molar-refractivity contribution in [3.8, 4) is 0 Å². The molecule has 3 heteroatoms. The minimum atomic E-state index is -0.574. The highest BCUT2D eigenvalue weighted by atomic mass is 79.9. The molecule has 1 aromatic heterocycles. The number of aliphatic hydroxyl groups is 1. The third-order valence-corrected chi connectivity index (χ3v) is 3.19. The first kappa shape index (κ1) is 10.7. The van der Waals surface area contributed by atoms with Crippen LogP contribution in [0.4, 0.5) is 0 Å². The van der Waals surface area contributed by atoms with E-state index < -0.39 is 6.10 Å². The summed E-state index contributed by atoms with van der Waals surface area (Å²) in [6, 6.07) is 6.09. The van der Waals surface area contributed by atoms with Gasteiger partial charge in [0.25, 0.3) is 0 Å². The van der Waals surface area contributed by atoms with E-state index in [0.29, 0.717) is 11.1 Å². The Hall–Kier alpha value is -0.800. The van der Waals surface area contributed by atoms with Crippen LogP contribution in [0.2, 0.25) is 0 Å². The van der Waals surface area contributed by atoms with E-state index in [9.17, 15) is 5.11 Å². The van der Waals surface area contributed by atoms with Crippen molar-refractivity contribution < 1.29 is 9.52 Å². The van der Waals surface area contributed by atoms with Crippen LogP contribution in [-0.2, 0) is 6.42 Å². The van der Waals surface area contributed by atoms with Gasteiger partial charge in [-0.25, -0.2) is 0 Å². The van der Waals surface area contributed by atoms with Gasteiger partial charge in [0.2, 0.25) is 0 Å². The van der Waals surface area contributed by atoms with E-state index in [-0.39, 0.29) is 0 Å². The summed E-state index contributed by atoms with van der Waals surface area (Å²) in [6.07, 6.45) is 2.07. The monoisotopic (exact) mass is 268 g/mol. The third kappa shape index (κ3) is 1.82. The van der Waals surface area contributed by atoms with Crippen LogP contribution in [0.5, 0.6) is 0 Å². The fourth-order valence-electron chi connectivity index (χ4n) is 1.81. The molecule has 0 amide bonds. The highest BCUT2D eigenvalue weighted by Gasteiger charge is 2.16. The SMILES string of the molecule is CCc1cccc2coc(C(O)CBr)c12. The lowest BCUT2D eigenvalue weighted by Crippen LogP contribution is -1.97. The molecule has 1 heterocycles. The molecule has 0 aliphatic heterocycles. The largest absolute Gasteiger partial charge is 0.465 e. The predicted octanol–water partition coefficient (Wildman–Crippen LogP) is 3.42. The van der Waals surface area contributed by atoms with E-state index in [1.807, 2.05) is 12.1 Å². The molecule has 0 radical (unpaired) electrons. The summed E-state index contributed by atoms with van der Waals surface area (Å²) >= 11 is 3.26. The zero-order valence-electron chi connectivity index (χ0n) is 8.53. The van der Waals surface area contributed by atoms with Gasteiger partial charge >= 0.3 is 0 Å². The number of benzene rings is 1. The van der Waals surface area contributed by atoms with Crippen molar-refractivity contribution in [2.24, 2.45) is 0 Å². The summed E-state index contributed by atoms with van der Waals surface area (Å²) in [5.41, 5.74) is 1.22. The van der Waals surface area contributed by atoms with Crippen molar-refractivity contribution in [2.45, 2.75) is 19.4 Å². The molecule has 2 rings (SSSR count). The van der Waals surface area contributed by atoms with Gasteiger partial charge in [-0.2, -0.15) is 0 Å². The average Bonchev–Trinajstić information content (AvgIpc) is 2.71. The number of hydrogen-bond donors (Lipinski definition) is 1. The Balaban J connectivity index is 2.65. The lowest BCUT2D eigenvalue weighted by Gasteiger charge is -2.06. The van der Waals surface area contributed by atoms with Crippen LogP contribution >= 0.6 is 15.9 Å². The molecular formula is C12H13BrO2. The Labute approximate surface area is 97.0 Å². The number of aryl methyl sites for hydroxylation is 1. The van der Waals surface area contributed by atoms with Crippen molar-refractivity contribution in [3.05, 3.63) is 35.8 Å². The maximum atomic E-state index is 9.80. The first-order valence-corrected chi connectivity index (χ1v) is 6.13. The van der Waals surface area contributed by atoms with Crippen LogP contribution in [0.1, 0.15) is 24.4 Å². The molecule has 1 N–H and O–H groups in total. The molecule has 80 valence electrons. The highest BCUT2D eigenvalue weighted by Crippen LogP contribution is 2.30. The molecule has 1 unspecified atom stereocenters. The molecule has 2 aromatic rings. The summed E-state index contributed by atoms with van der Waals surface area (Å²) in [6.45, 7) is 2.10. The molecule has 0 spiro atoms. The summed E-state index contributed by atoms with van der Waals surface area (Å²) in [5.74, 6) is 0.666. The lowest BCUT2D eigenvalue weighted by atomic mass is 10.0. The van der Waals surface area contributed by atoms with E-state index >= 15 is 0 Å². The van der Waals surface area contributed by atoms with Crippen LogP contribution in [-0.4, -0.2) is 10.4 Å². The van der Waals surface area contributed by atoms with Crippen molar-refractivity contribution in [2.75, 3.05) is 5.33 Å². The molecule has 2 nitrogen and oxygen atoms in total. The third-order valence-electron chi connectivity index (χ3n) is 2.57. The maximum absolute atomic E-state index is 9.80. The molecule has 0 aliphatic rings. The molecular weight excluding hydrogens is 256 g/mol. The normalized spacial score (nSPS) is 13.3. The van der Waals surface area contributed by atoms with Crippen molar-refractivity contribution in [3.63, 3.8) is 0 Å². The molecule has 1 atom stereocenters. The first-order valence-electron chi connectivity index (χ1n) is 5.01. The minimum absolute atomic E-state index is 0.494. The van der Waals surface area contributed by atoms with E-state index in [0.717, 1.165) is 17.2 Å². The standard InChI is InChI=1S/C12H13BrO2/c1-2-8-4-3-5-9-7-15-12(11(8)9)10(14)6-13/h3-5,7,10,14H,2,6H2,1H3. The quantitative estimate of drug-likeness (QED) is 0.866. The predicted molar refractivity (Wildman–Crippen MR) is 64.3 cm³/mol. The molecule has 0 fully saturated rings. The minimum Gasteiger partial charge on any atom is -0.465 e. The number of aliphatic hydroxyl groups excluding tert-OH is 1. The summed E-state index contributed by atoms with van der Waals surface area (Å²) < 4.78 is 5.43. The van der Waals surface area contributed by atoms with Crippen LogP contribution in [0.3, 0.4) is 0 Å². The van der Waals surface area contributed by atoms with Gasteiger partial charge in [-0.15, -0.1) is 0 Å². The van der Waals surface area contributed by atoms with Gasteiger partial charge in [0.05, 0.1) is 6.26 Å². The first-order chi connectivity index (χ1) is 7.27. The Morgan fingerprint density at radius 1 is 1.47 bits per heavy atom. The summed E-state index contributed by atoms with van der Waals surface area (Å²) in [7, 11) is 0. The number of halogens is 1. The number of rotatable bonds is 3. The van der Waals surface area contributed by atoms with E-state index in [1.54, 1.807) is 6.26 Å². The van der Waals surface area contributed by atoms with Gasteiger partial charge in [0.15, 0.2) is 0 Å². The Morgan fingerprint density at radius 2 is 2.27 bits per heavy atom. The molecule has 15 heavy (non-hydrogen) atoms. The van der Waals surface area contributed by atoms with Crippen LogP contribution in [0.25, 0.3) is 10.8 Å². The van der Waals surface area contributed by atoms with E-state index in [4.69, 9.17) is 4.42 Å². The second-order valence-corrected chi connectivity index (χ2v) is 4.15. The molecule has 0 aliphatic carbocycles. The number of hydrogen-bond acceptors (Lipinski definition) is 2. The van der Waals surface area contributed by atoms with Gasteiger partial charge < -0.3 is 9.52 Å². The van der Waals surface area contributed by atoms with E-state index in [2.05, 4.69) is 28.9 Å². The lowest BCUT2D eigenvalue weighted by molar-refractivity contribution is 0.177. The molecule has 0 bridgehead atoms. The number of furan rings is 1. The molecule has 0 saturated heterocycles. The van der Waals surface area contributed by atoms with Crippen molar-refractivity contribution in [1.82, 2.24) is 0 Å². The van der Waals surface area contributed by atoms with Crippen LogP contribution in [0.15, 0.2) is 28.9 Å². The fraction of sp³-hybridized carbons (Fsp3) is 0.333. The van der Waals surface area contributed by atoms with Crippen molar-refractivity contribution in [1.29, 1.82) is 0 Å². The van der Waals surface area contributed by atoms with Gasteiger partial charge in [0, 0.05) is 16.1 Å². The summed E-state index contributed by atoms with van der Waals surface area (Å²) in [5, 5.41) is 12.4. The average molecular weight is 269 g/mol. The fourth-order valence-corrected chi connectivity index (χ4v) is 2.11. The van der Waals surface area contributed by atoms with Gasteiger partial charge in [-0.05, 0) is 12.0 Å². The maximum Gasteiger partial charge on any atom is 0.141 e. The van der Waals surface area contributed by atoms with E-state index in [1.165, 1.54) is 5.56 Å². The van der Waals surface area contributed by atoms with Crippen molar-refractivity contribution >= 4 is 26.7 Å². The highest BCUT2D eigenvalue weighted by molar-refractivity contribution is 9.09. The Morgan fingerprint density at radius 3 is 2.93 bits per heavy atom. The zero-order chi connectivity index (χ0) is 10.8. The Kier molecular flexibility index (Phi) is 3.12. The second-order valence-electron chi connectivity index (χ2n) is 3.50. The molecule has 1 aromatic carbocycles. The van der Waals surface area contributed by atoms with Gasteiger partial charge in [-0.3, -0.25) is 0 Å². The zero-order valence-corrected chi connectivity index (χ0v) is 10.1. The van der Waals surface area contributed by atoms with Crippen LogP contribution < -0.4 is 0 Å². The summed E-state index contributed by atoms with van der Waals surface area (Å²) in [4.78, 5) is 0. The second kappa shape index (κ2) is 4.37. The topological polar surface area (TPSA) is 33.4 Å².